The average molecular weight is 360 g/mol. The lowest BCUT2D eigenvalue weighted by Crippen LogP contribution is -2.36. The van der Waals surface area contributed by atoms with Crippen molar-refractivity contribution in [3.05, 3.63) is 32.4 Å². The van der Waals surface area contributed by atoms with Gasteiger partial charge in [-0.25, -0.2) is 4.79 Å². The Balaban J connectivity index is 1.92. The van der Waals surface area contributed by atoms with Crippen molar-refractivity contribution in [3.63, 3.8) is 0 Å². The third-order valence-electron chi connectivity index (χ3n) is 4.49. The second kappa shape index (κ2) is 8.16. The third kappa shape index (κ3) is 3.95. The van der Waals surface area contributed by atoms with Crippen molar-refractivity contribution in [1.82, 2.24) is 14.9 Å². The number of rotatable bonds is 5. The number of fused-ring (bicyclic) bond motifs is 1. The summed E-state index contributed by atoms with van der Waals surface area (Å²) >= 11 is 0. The molecule has 3 heterocycles. The highest BCUT2D eigenvalue weighted by molar-refractivity contribution is 5.82. The van der Waals surface area contributed by atoms with Crippen molar-refractivity contribution in [2.45, 2.75) is 52.4 Å². The van der Waals surface area contributed by atoms with E-state index in [1.807, 2.05) is 6.92 Å². The monoisotopic (exact) mass is 360 g/mol. The summed E-state index contributed by atoms with van der Waals surface area (Å²) in [5, 5.41) is 4.48. The first-order chi connectivity index (χ1) is 12.6. The minimum Gasteiger partial charge on any atom is -0.403 e. The van der Waals surface area contributed by atoms with Crippen LogP contribution in [0.5, 0.6) is 6.01 Å². The summed E-state index contributed by atoms with van der Waals surface area (Å²) in [7, 11) is 0. The molecule has 0 bridgehead atoms. The summed E-state index contributed by atoms with van der Waals surface area (Å²) in [4.78, 5) is 38.3. The third-order valence-corrected chi connectivity index (χ3v) is 4.49. The van der Waals surface area contributed by atoms with Gasteiger partial charge >= 0.3 is 11.6 Å². The molecular formula is C18H24N4O4. The van der Waals surface area contributed by atoms with Crippen molar-refractivity contribution in [3.8, 4) is 6.01 Å². The van der Waals surface area contributed by atoms with Gasteiger partial charge in [-0.3, -0.25) is 9.78 Å². The first kappa shape index (κ1) is 18.2. The number of aromatic amines is 1. The zero-order chi connectivity index (χ0) is 18.5. The van der Waals surface area contributed by atoms with Gasteiger partial charge in [-0.15, -0.1) is 0 Å². The Morgan fingerprint density at radius 2 is 2.08 bits per heavy atom. The van der Waals surface area contributed by atoms with E-state index in [2.05, 4.69) is 26.9 Å². The Morgan fingerprint density at radius 3 is 2.77 bits per heavy atom. The molecule has 8 heteroatoms. The summed E-state index contributed by atoms with van der Waals surface area (Å²) in [5.41, 5.74) is -0.379. The van der Waals surface area contributed by atoms with Crippen LogP contribution in [0.4, 0.5) is 0 Å². The van der Waals surface area contributed by atoms with Crippen LogP contribution >= 0.6 is 0 Å². The molecule has 2 aromatic rings. The van der Waals surface area contributed by atoms with Crippen LogP contribution in [0.25, 0.3) is 11.1 Å². The van der Waals surface area contributed by atoms with Gasteiger partial charge in [0.2, 0.25) is 5.71 Å². The Bertz CT molecular complexity index is 910. The van der Waals surface area contributed by atoms with Crippen LogP contribution in [0.3, 0.4) is 0 Å². The van der Waals surface area contributed by atoms with Crippen LogP contribution in [0, 0.1) is 0 Å². The highest BCUT2D eigenvalue weighted by Crippen LogP contribution is 2.15. The molecule has 0 unspecified atom stereocenters. The van der Waals surface area contributed by atoms with Gasteiger partial charge in [0.15, 0.2) is 0 Å². The molecule has 0 atom stereocenters. The molecule has 1 N–H and O–H groups in total. The summed E-state index contributed by atoms with van der Waals surface area (Å²) in [6.07, 6.45) is 5.76. The van der Waals surface area contributed by atoms with Crippen LogP contribution in [0.15, 0.2) is 25.2 Å². The molecule has 0 radical (unpaired) electrons. The highest BCUT2D eigenvalue weighted by atomic mass is 16.6. The van der Waals surface area contributed by atoms with Gasteiger partial charge in [0, 0.05) is 25.6 Å². The summed E-state index contributed by atoms with van der Waals surface area (Å²) in [6.45, 7) is 5.85. The SMILES string of the molecule is CCC/C(=N/Oc1nc2oc(=O)cc(CC)c2c(=O)[nH]1)N1CCCCC1. The van der Waals surface area contributed by atoms with Gasteiger partial charge in [-0.1, -0.05) is 19.0 Å². The van der Waals surface area contributed by atoms with Crippen LogP contribution in [-0.2, 0) is 6.42 Å². The molecular weight excluding hydrogens is 336 g/mol. The lowest BCUT2D eigenvalue weighted by atomic mass is 10.1. The van der Waals surface area contributed by atoms with E-state index in [9.17, 15) is 9.59 Å². The van der Waals surface area contributed by atoms with Crippen molar-refractivity contribution < 1.29 is 9.25 Å². The smallest absolute Gasteiger partial charge is 0.337 e. The van der Waals surface area contributed by atoms with Gasteiger partial charge in [-0.05, 0) is 37.7 Å². The normalized spacial score (nSPS) is 15.5. The van der Waals surface area contributed by atoms with Gasteiger partial charge in [0.1, 0.15) is 11.2 Å². The molecule has 0 amide bonds. The van der Waals surface area contributed by atoms with Crippen LogP contribution < -0.4 is 16.0 Å². The number of nitrogens with zero attached hydrogens (tertiary/aromatic N) is 3. The van der Waals surface area contributed by atoms with Crippen LogP contribution in [0.2, 0.25) is 0 Å². The minimum atomic E-state index is -0.540. The van der Waals surface area contributed by atoms with Crippen molar-refractivity contribution >= 4 is 16.9 Å². The van der Waals surface area contributed by atoms with Crippen molar-refractivity contribution in [2.24, 2.45) is 5.16 Å². The van der Waals surface area contributed by atoms with E-state index in [4.69, 9.17) is 9.25 Å². The number of piperidine rings is 1. The molecule has 8 nitrogen and oxygen atoms in total. The van der Waals surface area contributed by atoms with Gasteiger partial charge < -0.3 is 14.2 Å². The van der Waals surface area contributed by atoms with E-state index in [-0.39, 0.29) is 17.1 Å². The van der Waals surface area contributed by atoms with Gasteiger partial charge in [-0.2, -0.15) is 4.98 Å². The fourth-order valence-electron chi connectivity index (χ4n) is 3.18. The molecule has 0 spiro atoms. The maximum absolute atomic E-state index is 12.4. The van der Waals surface area contributed by atoms with E-state index < -0.39 is 11.2 Å². The Labute approximate surface area is 150 Å². The van der Waals surface area contributed by atoms with E-state index in [0.717, 1.165) is 44.6 Å². The molecule has 0 aliphatic carbocycles. The van der Waals surface area contributed by atoms with Crippen molar-refractivity contribution in [1.29, 1.82) is 0 Å². The first-order valence-electron chi connectivity index (χ1n) is 9.18. The van der Waals surface area contributed by atoms with Crippen LogP contribution in [0.1, 0.15) is 51.5 Å². The number of H-pyrrole nitrogens is 1. The molecule has 3 rings (SSSR count). The standard InChI is InChI=1S/C18H24N4O4/c1-3-8-13(22-9-6-5-7-10-22)21-26-18-19-16(24)15-12(4-2)11-14(23)25-17(15)20-18/h11H,3-10H2,1-2H3,(H,19,20,24)/b21-13-. The molecule has 0 saturated carbocycles. The molecule has 26 heavy (non-hydrogen) atoms. The zero-order valence-corrected chi connectivity index (χ0v) is 15.2. The topological polar surface area (TPSA) is 101 Å². The number of aromatic nitrogens is 2. The Morgan fingerprint density at radius 1 is 1.31 bits per heavy atom. The number of nitrogens with one attached hydrogen (secondary N) is 1. The number of hydrogen-bond acceptors (Lipinski definition) is 6. The Hall–Kier alpha value is -2.64. The predicted octanol–water partition coefficient (Wildman–Crippen LogP) is 2.42. The first-order valence-corrected chi connectivity index (χ1v) is 9.18. The van der Waals surface area contributed by atoms with Gasteiger partial charge in [0.05, 0.1) is 0 Å². The lowest BCUT2D eigenvalue weighted by Gasteiger charge is -2.29. The predicted molar refractivity (Wildman–Crippen MR) is 98.7 cm³/mol. The summed E-state index contributed by atoms with van der Waals surface area (Å²) < 4.78 is 5.07. The van der Waals surface area contributed by atoms with Crippen LogP contribution in [-0.4, -0.2) is 33.8 Å². The highest BCUT2D eigenvalue weighted by Gasteiger charge is 2.16. The molecule has 1 aliphatic rings. The van der Waals surface area contributed by atoms with Gasteiger partial charge in [0.25, 0.3) is 5.56 Å². The van der Waals surface area contributed by atoms with E-state index in [1.165, 1.54) is 12.5 Å². The second-order valence-electron chi connectivity index (χ2n) is 6.39. The maximum Gasteiger partial charge on any atom is 0.337 e. The molecule has 2 aromatic heterocycles. The zero-order valence-electron chi connectivity index (χ0n) is 15.2. The van der Waals surface area contributed by atoms with E-state index in [0.29, 0.717) is 12.0 Å². The van der Waals surface area contributed by atoms with Crippen molar-refractivity contribution in [2.75, 3.05) is 13.1 Å². The number of oxime groups is 1. The molecule has 1 saturated heterocycles. The quantitative estimate of drug-likeness (QED) is 0.499. The fourth-order valence-corrected chi connectivity index (χ4v) is 3.18. The number of likely N-dealkylation sites (tertiary alicyclic amines) is 1. The minimum absolute atomic E-state index is 0.0293. The Kier molecular flexibility index (Phi) is 5.70. The summed E-state index contributed by atoms with van der Waals surface area (Å²) in [5.74, 6) is 0.846. The molecule has 1 fully saturated rings. The molecule has 140 valence electrons. The molecule has 1 aliphatic heterocycles. The molecule has 0 aromatic carbocycles. The summed E-state index contributed by atoms with van der Waals surface area (Å²) in [6, 6.07) is 1.23. The lowest BCUT2D eigenvalue weighted by molar-refractivity contribution is 0.278. The van der Waals surface area contributed by atoms with E-state index in [1.54, 1.807) is 0 Å². The number of aryl methyl sites for hydroxylation is 1. The average Bonchev–Trinajstić information content (AvgIpc) is 2.64. The number of hydrogen-bond donors (Lipinski definition) is 1. The second-order valence-corrected chi connectivity index (χ2v) is 6.39. The fraction of sp³-hybridized carbons (Fsp3) is 0.556. The largest absolute Gasteiger partial charge is 0.403 e. The maximum atomic E-state index is 12.4. The number of amidine groups is 1. The van der Waals surface area contributed by atoms with E-state index >= 15 is 0 Å².